The van der Waals surface area contributed by atoms with Gasteiger partial charge in [0.2, 0.25) is 0 Å². The predicted octanol–water partition coefficient (Wildman–Crippen LogP) is 5.74. The summed E-state index contributed by atoms with van der Waals surface area (Å²) in [5, 5.41) is 2.99. The molecule has 0 aliphatic rings. The van der Waals surface area contributed by atoms with Crippen molar-refractivity contribution < 1.29 is 9.53 Å². The number of methoxy groups -OCH3 is 1. The number of benzene rings is 1. The number of ether oxygens (including phenoxy) is 1. The highest BCUT2D eigenvalue weighted by atomic mass is 16.5. The van der Waals surface area contributed by atoms with Crippen molar-refractivity contribution in [2.75, 3.05) is 13.7 Å². The summed E-state index contributed by atoms with van der Waals surface area (Å²) in [7, 11) is 1.63. The SMILES string of the molecule is CCCCCCCCCCCCCNC(=O)c1ccc(OC)cc1. The van der Waals surface area contributed by atoms with Gasteiger partial charge in [0.1, 0.15) is 5.75 Å². The van der Waals surface area contributed by atoms with Crippen molar-refractivity contribution >= 4 is 5.91 Å². The van der Waals surface area contributed by atoms with E-state index < -0.39 is 0 Å². The van der Waals surface area contributed by atoms with E-state index in [0.717, 1.165) is 18.7 Å². The molecule has 1 amide bonds. The Balaban J connectivity index is 1.93. The van der Waals surface area contributed by atoms with Crippen LogP contribution in [0.4, 0.5) is 0 Å². The predicted molar refractivity (Wildman–Crippen MR) is 102 cm³/mol. The molecule has 0 spiro atoms. The second-order valence-electron chi connectivity index (χ2n) is 6.52. The summed E-state index contributed by atoms with van der Waals surface area (Å²) < 4.78 is 5.09. The van der Waals surface area contributed by atoms with Gasteiger partial charge in [-0.05, 0) is 30.7 Å². The van der Waals surface area contributed by atoms with Crippen molar-refractivity contribution in [2.45, 2.75) is 77.6 Å². The minimum atomic E-state index is 0.00438. The van der Waals surface area contributed by atoms with E-state index in [-0.39, 0.29) is 5.91 Å². The summed E-state index contributed by atoms with van der Waals surface area (Å²) in [5.74, 6) is 0.779. The Morgan fingerprint density at radius 2 is 1.33 bits per heavy atom. The van der Waals surface area contributed by atoms with E-state index in [4.69, 9.17) is 4.74 Å². The van der Waals surface area contributed by atoms with Gasteiger partial charge in [-0.3, -0.25) is 4.79 Å². The first-order valence-corrected chi connectivity index (χ1v) is 9.70. The average Bonchev–Trinajstić information content (AvgIpc) is 2.62. The third-order valence-corrected chi connectivity index (χ3v) is 4.42. The molecule has 0 radical (unpaired) electrons. The maximum absolute atomic E-state index is 12.0. The van der Waals surface area contributed by atoms with Gasteiger partial charge in [0, 0.05) is 12.1 Å². The summed E-state index contributed by atoms with van der Waals surface area (Å²) in [6, 6.07) is 7.23. The van der Waals surface area contributed by atoms with Gasteiger partial charge < -0.3 is 10.1 Å². The van der Waals surface area contributed by atoms with Crippen molar-refractivity contribution in [2.24, 2.45) is 0 Å². The second-order valence-corrected chi connectivity index (χ2v) is 6.52. The molecule has 1 aromatic carbocycles. The molecule has 0 aromatic heterocycles. The van der Waals surface area contributed by atoms with Crippen LogP contribution in [0.15, 0.2) is 24.3 Å². The van der Waals surface area contributed by atoms with Crippen LogP contribution in [-0.2, 0) is 0 Å². The normalized spacial score (nSPS) is 10.6. The molecule has 1 rings (SSSR count). The molecule has 0 aliphatic heterocycles. The van der Waals surface area contributed by atoms with Crippen LogP contribution in [0.2, 0.25) is 0 Å². The molecule has 24 heavy (non-hydrogen) atoms. The van der Waals surface area contributed by atoms with Crippen LogP contribution in [0.1, 0.15) is 87.9 Å². The molecular formula is C21H35NO2. The maximum atomic E-state index is 12.0. The number of amides is 1. The maximum Gasteiger partial charge on any atom is 0.251 e. The van der Waals surface area contributed by atoms with Gasteiger partial charge in [-0.2, -0.15) is 0 Å². The fourth-order valence-electron chi connectivity index (χ4n) is 2.84. The van der Waals surface area contributed by atoms with Crippen molar-refractivity contribution in [1.82, 2.24) is 5.32 Å². The zero-order chi connectivity index (χ0) is 17.5. The summed E-state index contributed by atoms with van der Waals surface area (Å²) in [5.41, 5.74) is 0.693. The number of carbonyl (C=O) groups is 1. The standard InChI is InChI=1S/C21H35NO2/c1-3-4-5-6-7-8-9-10-11-12-13-18-22-21(23)19-14-16-20(24-2)17-15-19/h14-17H,3-13,18H2,1-2H3,(H,22,23). The summed E-state index contributed by atoms with van der Waals surface area (Å²) in [4.78, 5) is 12.0. The van der Waals surface area contributed by atoms with E-state index >= 15 is 0 Å². The molecular weight excluding hydrogens is 298 g/mol. The molecule has 0 atom stereocenters. The van der Waals surface area contributed by atoms with Crippen LogP contribution < -0.4 is 10.1 Å². The van der Waals surface area contributed by atoms with Crippen molar-refractivity contribution in [3.05, 3.63) is 29.8 Å². The fourth-order valence-corrected chi connectivity index (χ4v) is 2.84. The summed E-state index contributed by atoms with van der Waals surface area (Å²) in [6.45, 7) is 3.03. The minimum Gasteiger partial charge on any atom is -0.497 e. The highest BCUT2D eigenvalue weighted by Crippen LogP contribution is 2.12. The van der Waals surface area contributed by atoms with E-state index in [1.807, 2.05) is 12.1 Å². The monoisotopic (exact) mass is 333 g/mol. The van der Waals surface area contributed by atoms with Gasteiger partial charge in [-0.15, -0.1) is 0 Å². The fraction of sp³-hybridized carbons (Fsp3) is 0.667. The van der Waals surface area contributed by atoms with Gasteiger partial charge >= 0.3 is 0 Å². The van der Waals surface area contributed by atoms with Crippen LogP contribution >= 0.6 is 0 Å². The minimum absolute atomic E-state index is 0.00438. The smallest absolute Gasteiger partial charge is 0.251 e. The summed E-state index contributed by atoms with van der Waals surface area (Å²) >= 11 is 0. The molecule has 0 heterocycles. The van der Waals surface area contributed by atoms with Crippen LogP contribution in [0.25, 0.3) is 0 Å². The van der Waals surface area contributed by atoms with E-state index in [0.29, 0.717) is 5.56 Å². The quantitative estimate of drug-likeness (QED) is 0.441. The van der Waals surface area contributed by atoms with Crippen molar-refractivity contribution in [3.8, 4) is 5.75 Å². The van der Waals surface area contributed by atoms with Crippen LogP contribution in [0, 0.1) is 0 Å². The molecule has 136 valence electrons. The molecule has 0 unspecified atom stereocenters. The number of unbranched alkanes of at least 4 members (excludes halogenated alkanes) is 10. The topological polar surface area (TPSA) is 38.3 Å². The van der Waals surface area contributed by atoms with E-state index in [2.05, 4.69) is 12.2 Å². The van der Waals surface area contributed by atoms with Crippen LogP contribution in [-0.4, -0.2) is 19.6 Å². The average molecular weight is 334 g/mol. The molecule has 0 saturated heterocycles. The Bertz CT molecular complexity index is 428. The third kappa shape index (κ3) is 9.59. The Kier molecular flexibility index (Phi) is 11.9. The highest BCUT2D eigenvalue weighted by molar-refractivity contribution is 5.94. The Morgan fingerprint density at radius 3 is 1.83 bits per heavy atom. The lowest BCUT2D eigenvalue weighted by Gasteiger charge is -2.06. The summed E-state index contributed by atoms with van der Waals surface area (Å²) in [6.07, 6.45) is 14.6. The first-order chi connectivity index (χ1) is 11.8. The lowest BCUT2D eigenvalue weighted by molar-refractivity contribution is 0.0953. The zero-order valence-electron chi connectivity index (χ0n) is 15.6. The third-order valence-electron chi connectivity index (χ3n) is 4.42. The van der Waals surface area contributed by atoms with Crippen LogP contribution in [0.3, 0.4) is 0 Å². The van der Waals surface area contributed by atoms with Gasteiger partial charge in [0.25, 0.3) is 5.91 Å². The molecule has 0 fully saturated rings. The highest BCUT2D eigenvalue weighted by Gasteiger charge is 2.04. The number of nitrogens with one attached hydrogen (secondary N) is 1. The molecule has 0 bridgehead atoms. The van der Waals surface area contributed by atoms with E-state index in [1.165, 1.54) is 64.2 Å². The largest absolute Gasteiger partial charge is 0.497 e. The second kappa shape index (κ2) is 13.9. The van der Waals surface area contributed by atoms with E-state index in [9.17, 15) is 4.79 Å². The molecule has 0 saturated carbocycles. The first-order valence-electron chi connectivity index (χ1n) is 9.70. The number of hydrogen-bond acceptors (Lipinski definition) is 2. The molecule has 3 nitrogen and oxygen atoms in total. The number of rotatable bonds is 14. The Labute approximate surface area is 148 Å². The first kappa shape index (κ1) is 20.5. The lowest BCUT2D eigenvalue weighted by Crippen LogP contribution is -2.24. The lowest BCUT2D eigenvalue weighted by atomic mass is 10.1. The number of hydrogen-bond donors (Lipinski definition) is 1. The number of carbonyl (C=O) groups excluding carboxylic acids is 1. The Morgan fingerprint density at radius 1 is 0.833 bits per heavy atom. The molecule has 1 N–H and O–H groups in total. The van der Waals surface area contributed by atoms with E-state index in [1.54, 1.807) is 19.2 Å². The van der Waals surface area contributed by atoms with Crippen LogP contribution in [0.5, 0.6) is 5.75 Å². The molecule has 3 heteroatoms. The van der Waals surface area contributed by atoms with Gasteiger partial charge in [0.15, 0.2) is 0 Å². The van der Waals surface area contributed by atoms with Crippen molar-refractivity contribution in [3.63, 3.8) is 0 Å². The Hall–Kier alpha value is -1.51. The molecule has 0 aliphatic carbocycles. The molecule has 1 aromatic rings. The van der Waals surface area contributed by atoms with Gasteiger partial charge in [-0.1, -0.05) is 71.1 Å². The van der Waals surface area contributed by atoms with Gasteiger partial charge in [0.05, 0.1) is 7.11 Å². The van der Waals surface area contributed by atoms with Gasteiger partial charge in [-0.25, -0.2) is 0 Å². The van der Waals surface area contributed by atoms with Crippen molar-refractivity contribution in [1.29, 1.82) is 0 Å². The zero-order valence-corrected chi connectivity index (χ0v) is 15.6.